The van der Waals surface area contributed by atoms with Crippen LogP contribution in [0.15, 0.2) is 22.7 Å². The number of nitrogens with two attached hydrogens (primary N) is 1. The van der Waals surface area contributed by atoms with Gasteiger partial charge in [-0.2, -0.15) is 0 Å². The first kappa shape index (κ1) is 15.8. The van der Waals surface area contributed by atoms with E-state index in [1.807, 2.05) is 18.2 Å². The molecule has 1 aliphatic carbocycles. The number of methoxy groups -OCH3 is 1. The molecule has 2 rings (SSSR count). The molecule has 4 heteroatoms. The smallest absolute Gasteiger partial charge is 0.133 e. The summed E-state index contributed by atoms with van der Waals surface area (Å²) in [5.74, 6) is 0.781. The van der Waals surface area contributed by atoms with E-state index >= 15 is 0 Å². The molecular weight excluding hydrogens is 318 g/mol. The summed E-state index contributed by atoms with van der Waals surface area (Å²) < 4.78 is 6.12. The lowest BCUT2D eigenvalue weighted by atomic mass is 9.73. The number of ether oxygens (including phenoxy) is 1. The molecule has 0 saturated heterocycles. The molecule has 20 heavy (non-hydrogen) atoms. The second-order valence-corrected chi connectivity index (χ2v) is 6.63. The molecule has 0 spiro atoms. The van der Waals surface area contributed by atoms with Crippen LogP contribution in [0.5, 0.6) is 5.75 Å². The van der Waals surface area contributed by atoms with Crippen molar-refractivity contribution < 1.29 is 9.84 Å². The number of benzene rings is 1. The average Bonchev–Trinajstić information content (AvgIpc) is 2.72. The van der Waals surface area contributed by atoms with Crippen molar-refractivity contribution in [2.45, 2.75) is 44.6 Å². The number of rotatable bonds is 4. The Morgan fingerprint density at radius 3 is 2.45 bits per heavy atom. The second kappa shape index (κ2) is 6.92. The third-order valence-electron chi connectivity index (χ3n) is 4.58. The molecule has 1 aliphatic rings. The van der Waals surface area contributed by atoms with E-state index in [9.17, 15) is 5.11 Å². The van der Waals surface area contributed by atoms with E-state index in [-0.39, 0.29) is 5.41 Å². The molecule has 3 nitrogen and oxygen atoms in total. The quantitative estimate of drug-likeness (QED) is 0.819. The Hall–Kier alpha value is -0.580. The van der Waals surface area contributed by atoms with Crippen LogP contribution in [-0.2, 0) is 0 Å². The lowest BCUT2D eigenvalue weighted by molar-refractivity contribution is 0.0166. The Bertz CT molecular complexity index is 442. The molecule has 112 valence electrons. The van der Waals surface area contributed by atoms with Crippen molar-refractivity contribution in [1.29, 1.82) is 0 Å². The molecule has 1 fully saturated rings. The second-order valence-electron chi connectivity index (χ2n) is 5.78. The van der Waals surface area contributed by atoms with Crippen LogP contribution in [0.4, 0.5) is 0 Å². The van der Waals surface area contributed by atoms with Crippen molar-refractivity contribution >= 4 is 15.9 Å². The fourth-order valence-corrected chi connectivity index (χ4v) is 3.79. The number of aliphatic hydroxyl groups is 1. The van der Waals surface area contributed by atoms with Gasteiger partial charge in [0.25, 0.3) is 0 Å². The van der Waals surface area contributed by atoms with Gasteiger partial charge >= 0.3 is 0 Å². The summed E-state index contributed by atoms with van der Waals surface area (Å²) in [7, 11) is 1.64. The van der Waals surface area contributed by atoms with Crippen molar-refractivity contribution in [1.82, 2.24) is 0 Å². The highest BCUT2D eigenvalue weighted by atomic mass is 79.9. The van der Waals surface area contributed by atoms with Crippen LogP contribution < -0.4 is 10.5 Å². The van der Waals surface area contributed by atoms with Crippen molar-refractivity contribution in [3.8, 4) is 5.75 Å². The van der Waals surface area contributed by atoms with Gasteiger partial charge in [-0.15, -0.1) is 0 Å². The van der Waals surface area contributed by atoms with Gasteiger partial charge in [-0.3, -0.25) is 0 Å². The molecule has 1 atom stereocenters. The van der Waals surface area contributed by atoms with Crippen LogP contribution in [0.25, 0.3) is 0 Å². The van der Waals surface area contributed by atoms with Crippen LogP contribution >= 0.6 is 15.9 Å². The Labute approximate surface area is 129 Å². The van der Waals surface area contributed by atoms with Crippen molar-refractivity contribution in [2.24, 2.45) is 11.1 Å². The van der Waals surface area contributed by atoms with E-state index in [4.69, 9.17) is 10.5 Å². The zero-order valence-electron chi connectivity index (χ0n) is 12.1. The zero-order valence-corrected chi connectivity index (χ0v) is 13.7. The third-order valence-corrected chi connectivity index (χ3v) is 5.20. The minimum atomic E-state index is -0.507. The maximum Gasteiger partial charge on any atom is 0.133 e. The molecule has 0 aliphatic heterocycles. The van der Waals surface area contributed by atoms with E-state index in [1.165, 1.54) is 12.8 Å². The monoisotopic (exact) mass is 341 g/mol. The van der Waals surface area contributed by atoms with Crippen molar-refractivity contribution in [3.05, 3.63) is 28.2 Å². The fraction of sp³-hybridized carbons (Fsp3) is 0.625. The first-order valence-electron chi connectivity index (χ1n) is 7.34. The molecule has 0 aromatic heterocycles. The van der Waals surface area contributed by atoms with Crippen LogP contribution in [0, 0.1) is 5.41 Å². The van der Waals surface area contributed by atoms with E-state index in [2.05, 4.69) is 15.9 Å². The van der Waals surface area contributed by atoms with E-state index in [0.717, 1.165) is 41.5 Å². The molecule has 3 N–H and O–H groups in total. The summed E-state index contributed by atoms with van der Waals surface area (Å²) in [5.41, 5.74) is 6.79. The van der Waals surface area contributed by atoms with Gasteiger partial charge in [0.1, 0.15) is 5.75 Å². The molecule has 1 unspecified atom stereocenters. The lowest BCUT2D eigenvalue weighted by Crippen LogP contribution is -2.36. The van der Waals surface area contributed by atoms with E-state index < -0.39 is 6.10 Å². The molecule has 0 amide bonds. The molecule has 1 aromatic rings. The van der Waals surface area contributed by atoms with Gasteiger partial charge in [0.2, 0.25) is 0 Å². The standard InChI is InChI=1S/C16H24BrNO2/c1-20-14-7-6-12(10-13(14)17)15(19)16(11-18)8-4-2-3-5-9-16/h6-7,10,15,19H,2-5,8-9,11,18H2,1H3. The zero-order chi connectivity index (χ0) is 14.6. The Morgan fingerprint density at radius 2 is 1.95 bits per heavy atom. The Balaban J connectivity index is 2.27. The summed E-state index contributed by atoms with van der Waals surface area (Å²) in [4.78, 5) is 0. The van der Waals surface area contributed by atoms with Crippen LogP contribution in [0.1, 0.15) is 50.2 Å². The van der Waals surface area contributed by atoms with Gasteiger partial charge in [-0.25, -0.2) is 0 Å². The minimum absolute atomic E-state index is 0.176. The largest absolute Gasteiger partial charge is 0.496 e. The SMILES string of the molecule is COc1ccc(C(O)C2(CN)CCCCCC2)cc1Br. The minimum Gasteiger partial charge on any atom is -0.496 e. The van der Waals surface area contributed by atoms with E-state index in [0.29, 0.717) is 6.54 Å². The summed E-state index contributed by atoms with van der Waals surface area (Å²) in [6, 6.07) is 5.78. The molecular formula is C16H24BrNO2. The van der Waals surface area contributed by atoms with Gasteiger partial charge in [-0.1, -0.05) is 31.7 Å². The summed E-state index contributed by atoms with van der Waals surface area (Å²) in [6.07, 6.45) is 6.33. The molecule has 0 bridgehead atoms. The van der Waals surface area contributed by atoms with Gasteiger partial charge in [0.05, 0.1) is 17.7 Å². The highest BCUT2D eigenvalue weighted by molar-refractivity contribution is 9.10. The maximum absolute atomic E-state index is 10.9. The summed E-state index contributed by atoms with van der Waals surface area (Å²) in [6.45, 7) is 0.539. The van der Waals surface area contributed by atoms with Gasteiger partial charge in [0.15, 0.2) is 0 Å². The highest BCUT2D eigenvalue weighted by Gasteiger charge is 2.37. The number of aliphatic hydroxyl groups excluding tert-OH is 1. The first-order valence-corrected chi connectivity index (χ1v) is 8.14. The third kappa shape index (κ3) is 3.18. The van der Waals surface area contributed by atoms with Gasteiger partial charge in [0, 0.05) is 12.0 Å². The predicted molar refractivity (Wildman–Crippen MR) is 84.8 cm³/mol. The lowest BCUT2D eigenvalue weighted by Gasteiger charge is -2.36. The summed E-state index contributed by atoms with van der Waals surface area (Å²) in [5, 5.41) is 10.9. The fourth-order valence-electron chi connectivity index (χ4n) is 3.23. The maximum atomic E-state index is 10.9. The van der Waals surface area contributed by atoms with Crippen LogP contribution in [0.2, 0.25) is 0 Å². The predicted octanol–water partition coefficient (Wildman–Crippen LogP) is 3.79. The Morgan fingerprint density at radius 1 is 1.30 bits per heavy atom. The van der Waals surface area contributed by atoms with Gasteiger partial charge in [-0.05, 0) is 46.5 Å². The van der Waals surface area contributed by atoms with Crippen molar-refractivity contribution in [3.63, 3.8) is 0 Å². The van der Waals surface area contributed by atoms with E-state index in [1.54, 1.807) is 7.11 Å². The normalized spacial score (nSPS) is 20.2. The molecule has 1 aromatic carbocycles. The van der Waals surface area contributed by atoms with Crippen LogP contribution in [0.3, 0.4) is 0 Å². The van der Waals surface area contributed by atoms with Gasteiger partial charge < -0.3 is 15.6 Å². The molecule has 1 saturated carbocycles. The number of hydrogen-bond donors (Lipinski definition) is 2. The number of hydrogen-bond acceptors (Lipinski definition) is 3. The molecule has 0 radical (unpaired) electrons. The first-order chi connectivity index (χ1) is 9.63. The van der Waals surface area contributed by atoms with Crippen molar-refractivity contribution in [2.75, 3.05) is 13.7 Å². The summed E-state index contributed by atoms with van der Waals surface area (Å²) >= 11 is 3.49. The number of halogens is 1. The Kier molecular flexibility index (Phi) is 5.47. The topological polar surface area (TPSA) is 55.5 Å². The molecule has 0 heterocycles. The average molecular weight is 342 g/mol. The highest BCUT2D eigenvalue weighted by Crippen LogP contribution is 2.45. The van der Waals surface area contributed by atoms with Crippen LogP contribution in [-0.4, -0.2) is 18.8 Å².